The third-order valence-corrected chi connectivity index (χ3v) is 6.13. The monoisotopic (exact) mass is 462 g/mol. The van der Waals surface area contributed by atoms with E-state index in [9.17, 15) is 4.79 Å². The maximum Gasteiger partial charge on any atom is 0.161 e. The molecule has 0 saturated heterocycles. The summed E-state index contributed by atoms with van der Waals surface area (Å²) in [4.78, 5) is 25.3. The second kappa shape index (κ2) is 9.14. The summed E-state index contributed by atoms with van der Waals surface area (Å²) < 4.78 is 5.58. The first-order valence-electron chi connectivity index (χ1n) is 11.5. The van der Waals surface area contributed by atoms with Crippen molar-refractivity contribution in [3.63, 3.8) is 0 Å². The molecule has 0 aliphatic carbocycles. The van der Waals surface area contributed by atoms with Gasteiger partial charge in [0.1, 0.15) is 17.2 Å². The molecule has 0 aliphatic rings. The number of hydrogen-bond acceptors (Lipinski definition) is 6. The van der Waals surface area contributed by atoms with Gasteiger partial charge in [-0.2, -0.15) is 0 Å². The summed E-state index contributed by atoms with van der Waals surface area (Å²) in [5.41, 5.74) is 7.47. The van der Waals surface area contributed by atoms with Crippen LogP contribution in [0.5, 0.6) is 0 Å². The average Bonchev–Trinajstić information content (AvgIpc) is 3.24. The number of Topliss-reactive ketones (excluding diaryl/α,β-unsaturated/α-hetero) is 1. The number of nitrogens with one attached hydrogen (secondary N) is 1. The Kier molecular flexibility index (Phi) is 5.87. The van der Waals surface area contributed by atoms with Gasteiger partial charge in [0, 0.05) is 46.6 Å². The largest absolute Gasteiger partial charge is 0.464 e. The van der Waals surface area contributed by atoms with E-state index < -0.39 is 0 Å². The Hall–Kier alpha value is -4.32. The summed E-state index contributed by atoms with van der Waals surface area (Å²) in [5, 5.41) is 4.61. The van der Waals surface area contributed by atoms with Crippen LogP contribution in [0.1, 0.15) is 47.2 Å². The van der Waals surface area contributed by atoms with E-state index in [-0.39, 0.29) is 11.8 Å². The van der Waals surface area contributed by atoms with Crippen LogP contribution in [0, 0.1) is 13.8 Å². The van der Waals surface area contributed by atoms with Crippen LogP contribution in [0.4, 0.5) is 5.82 Å². The van der Waals surface area contributed by atoms with Gasteiger partial charge in [-0.05, 0) is 74.7 Å². The number of aromatic nitrogens is 3. The number of carbonyl (C=O) groups is 1. The second-order valence-electron chi connectivity index (χ2n) is 8.83. The van der Waals surface area contributed by atoms with E-state index in [4.69, 9.17) is 4.42 Å². The van der Waals surface area contributed by atoms with Crippen molar-refractivity contribution >= 4 is 22.6 Å². The average molecular weight is 463 g/mol. The van der Waals surface area contributed by atoms with Gasteiger partial charge < -0.3 is 9.73 Å². The van der Waals surface area contributed by atoms with E-state index >= 15 is 0 Å². The van der Waals surface area contributed by atoms with Gasteiger partial charge >= 0.3 is 0 Å². The van der Waals surface area contributed by atoms with Crippen molar-refractivity contribution in [2.75, 3.05) is 5.32 Å². The number of rotatable bonds is 6. The third kappa shape index (κ3) is 4.68. The Morgan fingerprint density at radius 1 is 0.943 bits per heavy atom. The standard InChI is InChI=1S/C29H26N4O2/c1-17-16-35-28-9-8-23(12-26(17)28)27-13-29(33-20(4)32-27)31-18(2)21-6-5-7-22(10-21)25-11-24(19(3)34)14-30-15-25/h5-16,18H,1-4H3,(H,31,32,33)/t18-/m0/s1. The fourth-order valence-corrected chi connectivity index (χ4v) is 4.19. The summed E-state index contributed by atoms with van der Waals surface area (Å²) in [5.74, 6) is 1.46. The van der Waals surface area contributed by atoms with Crippen LogP contribution >= 0.6 is 0 Å². The molecule has 0 saturated carbocycles. The molecule has 0 amide bonds. The summed E-state index contributed by atoms with van der Waals surface area (Å²) >= 11 is 0. The number of ketones is 1. The number of benzene rings is 2. The molecule has 3 aromatic heterocycles. The number of aryl methyl sites for hydroxylation is 2. The zero-order valence-electron chi connectivity index (χ0n) is 20.2. The summed E-state index contributed by atoms with van der Waals surface area (Å²) in [6, 6.07) is 18.2. The Labute approximate surface area is 204 Å². The molecule has 2 aromatic carbocycles. The van der Waals surface area contributed by atoms with Gasteiger partial charge in [0.05, 0.1) is 12.0 Å². The summed E-state index contributed by atoms with van der Waals surface area (Å²) in [7, 11) is 0. The topological polar surface area (TPSA) is 80.9 Å². The van der Waals surface area contributed by atoms with Crippen LogP contribution in [-0.4, -0.2) is 20.7 Å². The quantitative estimate of drug-likeness (QED) is 0.275. The maximum atomic E-state index is 11.8. The lowest BCUT2D eigenvalue weighted by Gasteiger charge is -2.17. The van der Waals surface area contributed by atoms with E-state index in [1.165, 1.54) is 0 Å². The van der Waals surface area contributed by atoms with Crippen molar-refractivity contribution in [1.82, 2.24) is 15.0 Å². The summed E-state index contributed by atoms with van der Waals surface area (Å²) in [6.45, 7) is 7.59. The van der Waals surface area contributed by atoms with E-state index in [1.807, 2.05) is 50.2 Å². The third-order valence-electron chi connectivity index (χ3n) is 6.13. The first-order valence-corrected chi connectivity index (χ1v) is 11.5. The molecule has 5 rings (SSSR count). The lowest BCUT2D eigenvalue weighted by molar-refractivity contribution is 0.101. The van der Waals surface area contributed by atoms with Crippen molar-refractivity contribution < 1.29 is 9.21 Å². The van der Waals surface area contributed by atoms with E-state index in [2.05, 4.69) is 45.4 Å². The first-order chi connectivity index (χ1) is 16.9. The highest BCUT2D eigenvalue weighted by molar-refractivity contribution is 5.94. The Morgan fingerprint density at radius 3 is 2.63 bits per heavy atom. The molecule has 6 nitrogen and oxygen atoms in total. The van der Waals surface area contributed by atoms with Crippen LogP contribution in [-0.2, 0) is 0 Å². The number of hydrogen-bond donors (Lipinski definition) is 1. The molecule has 0 radical (unpaired) electrons. The van der Waals surface area contributed by atoms with Gasteiger partial charge in [-0.3, -0.25) is 9.78 Å². The smallest absolute Gasteiger partial charge is 0.161 e. The molecule has 3 heterocycles. The molecule has 0 fully saturated rings. The molecule has 1 N–H and O–H groups in total. The fourth-order valence-electron chi connectivity index (χ4n) is 4.19. The molecular weight excluding hydrogens is 436 g/mol. The lowest BCUT2D eigenvalue weighted by atomic mass is 10.00. The first kappa shape index (κ1) is 22.5. The highest BCUT2D eigenvalue weighted by Crippen LogP contribution is 2.29. The summed E-state index contributed by atoms with van der Waals surface area (Å²) in [6.07, 6.45) is 5.15. The van der Waals surface area contributed by atoms with Crippen molar-refractivity contribution in [3.8, 4) is 22.4 Å². The van der Waals surface area contributed by atoms with Crippen LogP contribution in [0.2, 0.25) is 0 Å². The molecule has 0 spiro atoms. The van der Waals surface area contributed by atoms with Gasteiger partial charge in [0.15, 0.2) is 5.78 Å². The molecule has 5 aromatic rings. The van der Waals surface area contributed by atoms with E-state index in [1.54, 1.807) is 25.6 Å². The molecule has 35 heavy (non-hydrogen) atoms. The number of fused-ring (bicyclic) bond motifs is 1. The minimum absolute atomic E-state index is 0.000327. The van der Waals surface area contributed by atoms with Gasteiger partial charge in [-0.25, -0.2) is 9.97 Å². The van der Waals surface area contributed by atoms with Crippen molar-refractivity contribution in [2.45, 2.75) is 33.7 Å². The molecule has 0 aliphatic heterocycles. The van der Waals surface area contributed by atoms with E-state index in [0.717, 1.165) is 50.3 Å². The number of carbonyl (C=O) groups excluding carboxylic acids is 1. The van der Waals surface area contributed by atoms with Crippen LogP contribution in [0.3, 0.4) is 0 Å². The van der Waals surface area contributed by atoms with E-state index in [0.29, 0.717) is 11.4 Å². The van der Waals surface area contributed by atoms with Crippen LogP contribution in [0.15, 0.2) is 77.7 Å². The number of anilines is 1. The van der Waals surface area contributed by atoms with Gasteiger partial charge in [-0.15, -0.1) is 0 Å². The number of nitrogens with zero attached hydrogens (tertiary/aromatic N) is 3. The Morgan fingerprint density at radius 2 is 1.80 bits per heavy atom. The molecule has 0 unspecified atom stereocenters. The van der Waals surface area contributed by atoms with Crippen molar-refractivity contribution in [3.05, 3.63) is 95.8 Å². The maximum absolute atomic E-state index is 11.8. The predicted octanol–water partition coefficient (Wildman–Crippen LogP) is 6.94. The highest BCUT2D eigenvalue weighted by Gasteiger charge is 2.12. The molecule has 6 heteroatoms. The van der Waals surface area contributed by atoms with Gasteiger partial charge in [0.25, 0.3) is 0 Å². The van der Waals surface area contributed by atoms with Crippen LogP contribution in [0.25, 0.3) is 33.4 Å². The van der Waals surface area contributed by atoms with Crippen molar-refractivity contribution in [2.24, 2.45) is 0 Å². The highest BCUT2D eigenvalue weighted by atomic mass is 16.3. The molecule has 1 atom stereocenters. The number of pyridine rings is 1. The van der Waals surface area contributed by atoms with Gasteiger partial charge in [0.2, 0.25) is 0 Å². The zero-order valence-corrected chi connectivity index (χ0v) is 20.2. The molecule has 0 bridgehead atoms. The van der Waals surface area contributed by atoms with Crippen molar-refractivity contribution in [1.29, 1.82) is 0 Å². The molecule has 174 valence electrons. The normalized spacial score (nSPS) is 12.0. The lowest BCUT2D eigenvalue weighted by Crippen LogP contribution is -2.09. The zero-order chi connectivity index (χ0) is 24.5. The molecular formula is C29H26N4O2. The van der Waals surface area contributed by atoms with Crippen LogP contribution < -0.4 is 5.32 Å². The second-order valence-corrected chi connectivity index (χ2v) is 8.83. The van der Waals surface area contributed by atoms with Gasteiger partial charge in [-0.1, -0.05) is 18.2 Å². The minimum Gasteiger partial charge on any atom is -0.464 e. The SMILES string of the molecule is CC(=O)c1cncc(-c2cccc([C@H](C)Nc3cc(-c4ccc5occ(C)c5c4)nc(C)n3)c2)c1. The fraction of sp³-hybridized carbons (Fsp3) is 0.172. The number of furan rings is 1. The Balaban J connectivity index is 1.42. The predicted molar refractivity (Wildman–Crippen MR) is 138 cm³/mol. The minimum atomic E-state index is -0.000327. The Bertz CT molecular complexity index is 1550.